The molecule has 0 aromatic heterocycles. The average Bonchev–Trinajstić information content (AvgIpc) is 2.36. The molecule has 0 aliphatic rings. The molecule has 0 amide bonds. The Balaban J connectivity index is 3.25. The molecule has 21 heavy (non-hydrogen) atoms. The Bertz CT molecular complexity index is 621. The highest BCUT2D eigenvalue weighted by molar-refractivity contribution is 7.89. The summed E-state index contributed by atoms with van der Waals surface area (Å²) in [5.74, 6) is -4.26. The number of benzene rings is 1. The third-order valence-corrected chi connectivity index (χ3v) is 4.53. The van der Waals surface area contributed by atoms with Crippen LogP contribution in [0.5, 0.6) is 0 Å². The normalized spacial score (nSPS) is 11.6. The van der Waals surface area contributed by atoms with E-state index in [1.807, 2.05) is 0 Å². The molecule has 0 aliphatic carbocycles. The Morgan fingerprint density at radius 2 is 1.81 bits per heavy atom. The maximum atomic E-state index is 13.6. The first-order chi connectivity index (χ1) is 9.84. The summed E-state index contributed by atoms with van der Waals surface area (Å²) in [5, 5.41) is 8.52. The van der Waals surface area contributed by atoms with Crippen LogP contribution in [0.4, 0.5) is 13.2 Å². The maximum Gasteiger partial charge on any atom is 0.249 e. The first-order valence-corrected chi connectivity index (χ1v) is 7.29. The molecule has 0 bridgehead atoms. The van der Waals surface area contributed by atoms with Crippen molar-refractivity contribution in [1.29, 1.82) is 5.26 Å². The van der Waals surface area contributed by atoms with Gasteiger partial charge in [-0.15, -0.1) is 0 Å². The molecule has 0 radical (unpaired) electrons. The van der Waals surface area contributed by atoms with Crippen molar-refractivity contribution in [3.05, 3.63) is 29.6 Å². The zero-order chi connectivity index (χ0) is 16.0. The van der Waals surface area contributed by atoms with E-state index in [0.717, 1.165) is 4.31 Å². The van der Waals surface area contributed by atoms with Gasteiger partial charge >= 0.3 is 0 Å². The SMILES string of the molecule is COCCN(CCC#N)S(=O)(=O)c1c(F)cc(F)cc1F. The van der Waals surface area contributed by atoms with Gasteiger partial charge in [0.25, 0.3) is 0 Å². The van der Waals surface area contributed by atoms with Crippen LogP contribution >= 0.6 is 0 Å². The van der Waals surface area contributed by atoms with Crippen molar-refractivity contribution in [2.75, 3.05) is 26.8 Å². The molecule has 1 rings (SSSR count). The maximum absolute atomic E-state index is 13.6. The van der Waals surface area contributed by atoms with E-state index in [4.69, 9.17) is 10.00 Å². The van der Waals surface area contributed by atoms with E-state index in [2.05, 4.69) is 0 Å². The Hall–Kier alpha value is -1.63. The van der Waals surface area contributed by atoms with Gasteiger partial charge in [-0.25, -0.2) is 21.6 Å². The summed E-state index contributed by atoms with van der Waals surface area (Å²) in [6.07, 6.45) is -0.159. The Morgan fingerprint density at radius 3 is 2.29 bits per heavy atom. The molecule has 0 atom stereocenters. The standard InChI is InChI=1S/C12H13F3N2O3S/c1-20-6-5-17(4-2-3-16)21(18,19)12-10(14)7-9(13)8-11(12)15/h7-8H,2,4-6H2,1H3. The van der Waals surface area contributed by atoms with Gasteiger partial charge < -0.3 is 4.74 Å². The van der Waals surface area contributed by atoms with E-state index in [0.29, 0.717) is 0 Å². The third-order valence-electron chi connectivity index (χ3n) is 2.58. The summed E-state index contributed by atoms with van der Waals surface area (Å²) in [7, 11) is -3.21. The summed E-state index contributed by atoms with van der Waals surface area (Å²) >= 11 is 0. The molecule has 0 fully saturated rings. The number of hydrogen-bond donors (Lipinski definition) is 0. The second-order valence-electron chi connectivity index (χ2n) is 4.00. The molecule has 1 aromatic rings. The summed E-state index contributed by atoms with van der Waals surface area (Å²) in [4.78, 5) is -1.24. The van der Waals surface area contributed by atoms with Crippen LogP contribution in [0.1, 0.15) is 6.42 Å². The average molecular weight is 322 g/mol. The second-order valence-corrected chi connectivity index (χ2v) is 5.88. The lowest BCUT2D eigenvalue weighted by Crippen LogP contribution is -2.35. The van der Waals surface area contributed by atoms with Gasteiger partial charge in [-0.3, -0.25) is 0 Å². The van der Waals surface area contributed by atoms with E-state index >= 15 is 0 Å². The summed E-state index contributed by atoms with van der Waals surface area (Å²) in [5.41, 5.74) is 0. The topological polar surface area (TPSA) is 70.4 Å². The fourth-order valence-corrected chi connectivity index (χ4v) is 3.14. The van der Waals surface area contributed by atoms with Gasteiger partial charge in [0.1, 0.15) is 17.5 Å². The highest BCUT2D eigenvalue weighted by Crippen LogP contribution is 2.23. The Morgan fingerprint density at radius 1 is 1.24 bits per heavy atom. The minimum absolute atomic E-state index is 0.0188. The number of methoxy groups -OCH3 is 1. The second kappa shape index (κ2) is 7.40. The molecule has 0 aliphatic heterocycles. The van der Waals surface area contributed by atoms with Crippen molar-refractivity contribution in [3.63, 3.8) is 0 Å². The number of halogens is 3. The number of ether oxygens (including phenoxy) is 1. The zero-order valence-corrected chi connectivity index (χ0v) is 12.0. The van der Waals surface area contributed by atoms with Gasteiger partial charge in [-0.2, -0.15) is 9.57 Å². The van der Waals surface area contributed by atoms with E-state index in [-0.39, 0.29) is 38.2 Å². The minimum Gasteiger partial charge on any atom is -0.383 e. The predicted molar refractivity (Wildman–Crippen MR) is 67.2 cm³/mol. The monoisotopic (exact) mass is 322 g/mol. The van der Waals surface area contributed by atoms with Gasteiger partial charge in [-0.05, 0) is 0 Å². The highest BCUT2D eigenvalue weighted by atomic mass is 32.2. The van der Waals surface area contributed by atoms with Crippen LogP contribution < -0.4 is 0 Å². The number of hydrogen-bond acceptors (Lipinski definition) is 4. The molecular formula is C12H13F3N2O3S. The van der Waals surface area contributed by atoms with Crippen molar-refractivity contribution in [2.45, 2.75) is 11.3 Å². The lowest BCUT2D eigenvalue weighted by Gasteiger charge is -2.21. The Kier molecular flexibility index (Phi) is 6.14. The Labute approximate surface area is 120 Å². The van der Waals surface area contributed by atoms with E-state index in [9.17, 15) is 21.6 Å². The molecule has 0 saturated carbocycles. The van der Waals surface area contributed by atoms with Crippen LogP contribution in [0.15, 0.2) is 17.0 Å². The van der Waals surface area contributed by atoms with Crippen molar-refractivity contribution >= 4 is 10.0 Å². The number of rotatable bonds is 7. The van der Waals surface area contributed by atoms with Crippen LogP contribution in [0.2, 0.25) is 0 Å². The summed E-state index contributed by atoms with van der Waals surface area (Å²) < 4.78 is 70.1. The molecule has 0 unspecified atom stereocenters. The largest absolute Gasteiger partial charge is 0.383 e. The molecule has 0 spiro atoms. The highest BCUT2D eigenvalue weighted by Gasteiger charge is 2.31. The molecule has 0 saturated heterocycles. The zero-order valence-electron chi connectivity index (χ0n) is 11.1. The van der Waals surface area contributed by atoms with Crippen molar-refractivity contribution in [2.24, 2.45) is 0 Å². The summed E-state index contributed by atoms with van der Waals surface area (Å²) in [6, 6.07) is 2.32. The van der Waals surface area contributed by atoms with Crippen molar-refractivity contribution < 1.29 is 26.3 Å². The van der Waals surface area contributed by atoms with Gasteiger partial charge in [0.05, 0.1) is 12.7 Å². The van der Waals surface area contributed by atoms with Crippen molar-refractivity contribution in [1.82, 2.24) is 4.31 Å². The van der Waals surface area contributed by atoms with E-state index in [1.54, 1.807) is 6.07 Å². The van der Waals surface area contributed by atoms with Gasteiger partial charge in [0, 0.05) is 38.8 Å². The van der Waals surface area contributed by atoms with Crippen molar-refractivity contribution in [3.8, 4) is 6.07 Å². The number of nitriles is 1. The molecule has 9 heteroatoms. The van der Waals surface area contributed by atoms with E-state index in [1.165, 1.54) is 7.11 Å². The summed E-state index contributed by atoms with van der Waals surface area (Å²) in [6.45, 7) is -0.454. The molecular weight excluding hydrogens is 309 g/mol. The molecule has 5 nitrogen and oxygen atoms in total. The van der Waals surface area contributed by atoms with Gasteiger partial charge in [0.15, 0.2) is 4.90 Å². The van der Waals surface area contributed by atoms with Crippen LogP contribution in [-0.4, -0.2) is 39.5 Å². The van der Waals surface area contributed by atoms with Crippen LogP contribution in [-0.2, 0) is 14.8 Å². The lowest BCUT2D eigenvalue weighted by atomic mass is 10.3. The number of nitrogens with zero attached hydrogens (tertiary/aromatic N) is 2. The molecule has 1 aromatic carbocycles. The quantitative estimate of drug-likeness (QED) is 0.765. The molecule has 0 heterocycles. The first-order valence-electron chi connectivity index (χ1n) is 5.85. The third kappa shape index (κ3) is 4.17. The van der Waals surface area contributed by atoms with Crippen LogP contribution in [0, 0.1) is 28.8 Å². The van der Waals surface area contributed by atoms with Crippen LogP contribution in [0.25, 0.3) is 0 Å². The minimum atomic E-state index is -4.54. The number of sulfonamides is 1. The first kappa shape index (κ1) is 17.4. The molecule has 0 N–H and O–H groups in total. The van der Waals surface area contributed by atoms with E-state index < -0.39 is 32.4 Å². The van der Waals surface area contributed by atoms with Crippen LogP contribution in [0.3, 0.4) is 0 Å². The van der Waals surface area contributed by atoms with Gasteiger partial charge in [0.2, 0.25) is 10.0 Å². The fraction of sp³-hybridized carbons (Fsp3) is 0.417. The molecule has 116 valence electrons. The smallest absolute Gasteiger partial charge is 0.249 e. The van der Waals surface area contributed by atoms with Gasteiger partial charge in [-0.1, -0.05) is 0 Å². The predicted octanol–water partition coefficient (Wildman–Crippen LogP) is 1.65. The fourth-order valence-electron chi connectivity index (χ4n) is 1.62. The lowest BCUT2D eigenvalue weighted by molar-refractivity contribution is 0.179.